The maximum absolute atomic E-state index is 12.6. The fraction of sp³-hybridized carbons (Fsp3) is 0.333. The van der Waals surface area contributed by atoms with Gasteiger partial charge in [-0.05, 0) is 24.3 Å². The van der Waals surface area contributed by atoms with E-state index in [2.05, 4.69) is 10.3 Å². The van der Waals surface area contributed by atoms with Gasteiger partial charge in [-0.1, -0.05) is 11.6 Å². The second-order valence-electron chi connectivity index (χ2n) is 5.67. The number of aromatic nitrogens is 1. The van der Waals surface area contributed by atoms with Gasteiger partial charge in [0, 0.05) is 16.6 Å². The first-order chi connectivity index (χ1) is 11.9. The molecule has 1 aromatic heterocycles. The minimum absolute atomic E-state index is 0.112. The lowest BCUT2D eigenvalue weighted by molar-refractivity contribution is -0.895. The van der Waals surface area contributed by atoms with Crippen LogP contribution in [0.1, 0.15) is 0 Å². The summed E-state index contributed by atoms with van der Waals surface area (Å²) >= 11 is 7.18. The van der Waals surface area contributed by atoms with Crippen LogP contribution in [0.5, 0.6) is 0 Å². The van der Waals surface area contributed by atoms with Gasteiger partial charge in [0.15, 0.2) is 11.7 Å². The van der Waals surface area contributed by atoms with Crippen LogP contribution in [0.2, 0.25) is 5.02 Å². The quantitative estimate of drug-likeness (QED) is 0.756. The molecule has 0 unspecified atom stereocenters. The van der Waals surface area contributed by atoms with Crippen molar-refractivity contribution in [2.75, 3.05) is 38.0 Å². The smallest absolute Gasteiger partial charge is 0.281 e. The van der Waals surface area contributed by atoms with Crippen LogP contribution < -0.4 is 10.2 Å². The summed E-state index contributed by atoms with van der Waals surface area (Å²) in [6.45, 7) is 2.22. The molecule has 2 heterocycles. The van der Waals surface area contributed by atoms with Gasteiger partial charge in [-0.2, -0.15) is 4.31 Å². The van der Waals surface area contributed by atoms with E-state index < -0.39 is 10.0 Å². The van der Waals surface area contributed by atoms with E-state index in [-0.39, 0.29) is 10.8 Å². The fourth-order valence-electron chi connectivity index (χ4n) is 2.65. The van der Waals surface area contributed by atoms with Crippen molar-refractivity contribution in [2.45, 2.75) is 4.90 Å². The molecule has 1 aromatic carbocycles. The number of halogens is 1. The minimum atomic E-state index is -3.52. The topological polar surface area (TPSA) is 83.8 Å². The van der Waals surface area contributed by atoms with E-state index in [9.17, 15) is 13.2 Å². The molecule has 2 aromatic rings. The van der Waals surface area contributed by atoms with Gasteiger partial charge in [-0.15, -0.1) is 11.3 Å². The Labute approximate surface area is 155 Å². The van der Waals surface area contributed by atoms with E-state index in [1.54, 1.807) is 23.7 Å². The summed E-state index contributed by atoms with van der Waals surface area (Å²) in [5.74, 6) is -0.112. The van der Waals surface area contributed by atoms with Crippen molar-refractivity contribution in [2.24, 2.45) is 0 Å². The molecular formula is C15H18ClN4O3S2+. The van der Waals surface area contributed by atoms with E-state index in [1.165, 1.54) is 27.8 Å². The Kier molecular flexibility index (Phi) is 5.70. The predicted octanol–water partition coefficient (Wildman–Crippen LogP) is 0.324. The molecule has 134 valence electrons. The van der Waals surface area contributed by atoms with Crippen LogP contribution in [0.4, 0.5) is 5.13 Å². The van der Waals surface area contributed by atoms with Gasteiger partial charge >= 0.3 is 0 Å². The first-order valence-corrected chi connectivity index (χ1v) is 10.4. The Morgan fingerprint density at radius 1 is 1.28 bits per heavy atom. The number of anilines is 1. The van der Waals surface area contributed by atoms with E-state index in [0.717, 1.165) is 4.90 Å². The number of benzene rings is 1. The van der Waals surface area contributed by atoms with Crippen molar-refractivity contribution < 1.29 is 18.1 Å². The van der Waals surface area contributed by atoms with E-state index >= 15 is 0 Å². The Morgan fingerprint density at radius 2 is 1.96 bits per heavy atom. The van der Waals surface area contributed by atoms with Crippen molar-refractivity contribution in [3.63, 3.8) is 0 Å². The zero-order valence-corrected chi connectivity index (χ0v) is 15.7. The normalized spacial score (nSPS) is 16.7. The van der Waals surface area contributed by atoms with Gasteiger partial charge in [0.25, 0.3) is 5.91 Å². The molecule has 0 atom stereocenters. The third-order valence-electron chi connectivity index (χ3n) is 3.97. The van der Waals surface area contributed by atoms with Crippen LogP contribution in [0.25, 0.3) is 0 Å². The second-order valence-corrected chi connectivity index (χ2v) is 8.94. The molecule has 1 amide bonds. The number of sulfonamides is 1. The Morgan fingerprint density at radius 3 is 2.56 bits per heavy atom. The Balaban J connectivity index is 1.54. The zero-order chi connectivity index (χ0) is 17.9. The Bertz CT molecular complexity index is 817. The molecule has 0 spiro atoms. The number of piperazine rings is 1. The second kappa shape index (κ2) is 7.79. The summed E-state index contributed by atoms with van der Waals surface area (Å²) in [4.78, 5) is 17.3. The number of rotatable bonds is 5. The van der Waals surface area contributed by atoms with Crippen molar-refractivity contribution in [1.29, 1.82) is 0 Å². The molecule has 10 heteroatoms. The monoisotopic (exact) mass is 401 g/mol. The molecule has 2 N–H and O–H groups in total. The highest BCUT2D eigenvalue weighted by Gasteiger charge is 2.31. The lowest BCUT2D eigenvalue weighted by Crippen LogP contribution is -3.15. The maximum Gasteiger partial charge on any atom is 0.281 e. The summed E-state index contributed by atoms with van der Waals surface area (Å²) in [6, 6.07) is 6.16. The largest absolute Gasteiger partial charge is 0.325 e. The number of hydrogen-bond donors (Lipinski definition) is 2. The number of hydrogen-bond acceptors (Lipinski definition) is 5. The van der Waals surface area contributed by atoms with Gasteiger partial charge in [0.1, 0.15) is 0 Å². The molecule has 0 radical (unpaired) electrons. The van der Waals surface area contributed by atoms with Crippen LogP contribution in [0, 0.1) is 0 Å². The van der Waals surface area contributed by atoms with Crippen LogP contribution >= 0.6 is 22.9 Å². The first-order valence-electron chi connectivity index (χ1n) is 7.74. The molecule has 1 fully saturated rings. The van der Waals surface area contributed by atoms with Gasteiger partial charge in [0.05, 0.1) is 31.1 Å². The highest BCUT2D eigenvalue weighted by atomic mass is 35.5. The number of carbonyl (C=O) groups is 1. The van der Waals surface area contributed by atoms with Crippen molar-refractivity contribution in [1.82, 2.24) is 9.29 Å². The standard InChI is InChI=1S/C15H17ClN4O3S2/c16-12-1-3-13(4-2-12)25(22,23)20-8-6-19(7-9-20)11-14(21)18-15-17-5-10-24-15/h1-5,10H,6-9,11H2,(H,17,18,21)/p+1. The average Bonchev–Trinajstić information content (AvgIpc) is 3.08. The third kappa shape index (κ3) is 4.56. The minimum Gasteiger partial charge on any atom is -0.325 e. The fourth-order valence-corrected chi connectivity index (χ4v) is 4.76. The SMILES string of the molecule is O=C(C[NH+]1CCN(S(=O)(=O)c2ccc(Cl)cc2)CC1)Nc1nccs1. The number of nitrogens with one attached hydrogen (secondary N) is 2. The third-order valence-corrected chi connectivity index (χ3v) is 6.82. The number of quaternary nitrogens is 1. The van der Waals surface area contributed by atoms with E-state index in [0.29, 0.717) is 42.9 Å². The number of amides is 1. The maximum atomic E-state index is 12.6. The van der Waals surface area contributed by atoms with E-state index in [4.69, 9.17) is 11.6 Å². The van der Waals surface area contributed by atoms with Crippen LogP contribution in [0.3, 0.4) is 0 Å². The molecule has 25 heavy (non-hydrogen) atoms. The van der Waals surface area contributed by atoms with Crippen molar-refractivity contribution in [3.8, 4) is 0 Å². The molecule has 3 rings (SSSR count). The molecule has 0 bridgehead atoms. The van der Waals surface area contributed by atoms with Crippen molar-refractivity contribution in [3.05, 3.63) is 40.9 Å². The lowest BCUT2D eigenvalue weighted by Gasteiger charge is -2.31. The summed E-state index contributed by atoms with van der Waals surface area (Å²) < 4.78 is 26.7. The molecule has 0 aliphatic carbocycles. The number of nitrogens with zero attached hydrogens (tertiary/aromatic N) is 2. The van der Waals surface area contributed by atoms with Gasteiger partial charge in [0.2, 0.25) is 10.0 Å². The molecular weight excluding hydrogens is 384 g/mol. The van der Waals surface area contributed by atoms with Gasteiger partial charge in [-0.3, -0.25) is 10.1 Å². The molecule has 0 saturated carbocycles. The van der Waals surface area contributed by atoms with E-state index in [1.807, 2.05) is 0 Å². The van der Waals surface area contributed by atoms with Gasteiger partial charge < -0.3 is 4.90 Å². The first kappa shape index (κ1) is 18.3. The van der Waals surface area contributed by atoms with Crippen molar-refractivity contribution >= 4 is 44.0 Å². The van der Waals surface area contributed by atoms with Gasteiger partial charge in [-0.25, -0.2) is 13.4 Å². The summed E-state index contributed by atoms with van der Waals surface area (Å²) in [6.07, 6.45) is 1.63. The zero-order valence-electron chi connectivity index (χ0n) is 13.3. The number of carbonyl (C=O) groups excluding carboxylic acids is 1. The lowest BCUT2D eigenvalue weighted by atomic mass is 10.3. The molecule has 7 nitrogen and oxygen atoms in total. The van der Waals surface area contributed by atoms with Crippen LogP contribution in [-0.2, 0) is 14.8 Å². The average molecular weight is 402 g/mol. The highest BCUT2D eigenvalue weighted by molar-refractivity contribution is 7.89. The summed E-state index contributed by atoms with van der Waals surface area (Å²) in [7, 11) is -3.52. The summed E-state index contributed by atoms with van der Waals surface area (Å²) in [5, 5.41) is 5.62. The summed E-state index contributed by atoms with van der Waals surface area (Å²) in [5.41, 5.74) is 0. The van der Waals surface area contributed by atoms with Crippen LogP contribution in [-0.4, -0.2) is 56.3 Å². The predicted molar refractivity (Wildman–Crippen MR) is 96.5 cm³/mol. The number of thiazole rings is 1. The van der Waals surface area contributed by atoms with Crippen LogP contribution in [0.15, 0.2) is 40.7 Å². The Hall–Kier alpha value is -1.52. The molecule has 1 saturated heterocycles. The molecule has 1 aliphatic heterocycles. The highest BCUT2D eigenvalue weighted by Crippen LogP contribution is 2.18. The molecule has 1 aliphatic rings.